The SMILES string of the molecule is CCC(O)c1ccc(-c2cccc(Nc3cc(C)ccn3)n2)s1. The molecule has 0 aliphatic heterocycles. The minimum Gasteiger partial charge on any atom is -0.388 e. The Morgan fingerprint density at radius 1 is 1.17 bits per heavy atom. The summed E-state index contributed by atoms with van der Waals surface area (Å²) >= 11 is 1.58. The van der Waals surface area contributed by atoms with Gasteiger partial charge in [-0.05, 0) is 55.3 Å². The normalized spacial score (nSPS) is 12.1. The van der Waals surface area contributed by atoms with Gasteiger partial charge in [0.05, 0.1) is 16.7 Å². The lowest BCUT2D eigenvalue weighted by atomic mass is 10.2. The van der Waals surface area contributed by atoms with Gasteiger partial charge in [-0.1, -0.05) is 13.0 Å². The second-order valence-electron chi connectivity index (χ2n) is 5.38. The lowest BCUT2D eigenvalue weighted by Crippen LogP contribution is -1.96. The molecule has 2 N–H and O–H groups in total. The molecule has 0 aliphatic carbocycles. The molecule has 4 nitrogen and oxygen atoms in total. The lowest BCUT2D eigenvalue weighted by molar-refractivity contribution is 0.177. The fourth-order valence-corrected chi connectivity index (χ4v) is 3.30. The number of thiophene rings is 1. The maximum absolute atomic E-state index is 9.93. The zero-order valence-corrected chi connectivity index (χ0v) is 14.0. The summed E-state index contributed by atoms with van der Waals surface area (Å²) in [7, 11) is 0. The van der Waals surface area contributed by atoms with Crippen molar-refractivity contribution in [3.05, 3.63) is 59.1 Å². The highest BCUT2D eigenvalue weighted by Crippen LogP contribution is 2.32. The molecule has 3 aromatic heterocycles. The molecule has 3 heterocycles. The van der Waals surface area contributed by atoms with Crippen LogP contribution in [0.2, 0.25) is 0 Å². The topological polar surface area (TPSA) is 58.0 Å². The van der Waals surface area contributed by atoms with Gasteiger partial charge in [0.1, 0.15) is 11.6 Å². The lowest BCUT2D eigenvalue weighted by Gasteiger charge is -2.07. The summed E-state index contributed by atoms with van der Waals surface area (Å²) < 4.78 is 0. The Morgan fingerprint density at radius 3 is 2.83 bits per heavy atom. The first-order chi connectivity index (χ1) is 11.2. The molecule has 0 bridgehead atoms. The van der Waals surface area contributed by atoms with Crippen LogP contribution in [0.25, 0.3) is 10.6 Å². The Labute approximate surface area is 139 Å². The van der Waals surface area contributed by atoms with Crippen LogP contribution in [0, 0.1) is 6.92 Å². The number of hydrogen-bond acceptors (Lipinski definition) is 5. The molecule has 0 spiro atoms. The second kappa shape index (κ2) is 6.89. The maximum atomic E-state index is 9.93. The van der Waals surface area contributed by atoms with Gasteiger partial charge in [-0.25, -0.2) is 9.97 Å². The van der Waals surface area contributed by atoms with Crippen LogP contribution in [0.15, 0.2) is 48.7 Å². The first kappa shape index (κ1) is 15.6. The summed E-state index contributed by atoms with van der Waals surface area (Å²) in [5, 5.41) is 13.2. The van der Waals surface area contributed by atoms with E-state index in [9.17, 15) is 5.11 Å². The largest absolute Gasteiger partial charge is 0.388 e. The quantitative estimate of drug-likeness (QED) is 0.714. The summed E-state index contributed by atoms with van der Waals surface area (Å²) in [4.78, 5) is 11.0. The molecular weight excluding hydrogens is 306 g/mol. The summed E-state index contributed by atoms with van der Waals surface area (Å²) in [6.07, 6.45) is 2.10. The van der Waals surface area contributed by atoms with E-state index in [4.69, 9.17) is 0 Å². The Hall–Kier alpha value is -2.24. The first-order valence-corrected chi connectivity index (χ1v) is 8.42. The van der Waals surface area contributed by atoms with Gasteiger partial charge in [0.25, 0.3) is 0 Å². The third-order valence-corrected chi connectivity index (χ3v) is 4.72. The molecule has 1 unspecified atom stereocenters. The van der Waals surface area contributed by atoms with Crippen LogP contribution in [0.5, 0.6) is 0 Å². The van der Waals surface area contributed by atoms with Crippen LogP contribution in [0.1, 0.15) is 29.9 Å². The summed E-state index contributed by atoms with van der Waals surface area (Å²) in [6.45, 7) is 4.00. The van der Waals surface area contributed by atoms with Crippen molar-refractivity contribution in [2.24, 2.45) is 0 Å². The van der Waals surface area contributed by atoms with E-state index in [1.807, 2.05) is 56.3 Å². The number of aromatic nitrogens is 2. The van der Waals surface area contributed by atoms with E-state index in [0.717, 1.165) is 32.6 Å². The van der Waals surface area contributed by atoms with E-state index in [-0.39, 0.29) is 0 Å². The summed E-state index contributed by atoms with van der Waals surface area (Å²) in [6, 6.07) is 13.8. The molecule has 0 saturated heterocycles. The molecule has 3 aromatic rings. The number of aliphatic hydroxyl groups excluding tert-OH is 1. The van der Waals surface area contributed by atoms with Crippen LogP contribution in [0.4, 0.5) is 11.6 Å². The number of aryl methyl sites for hydroxylation is 1. The van der Waals surface area contributed by atoms with Gasteiger partial charge < -0.3 is 10.4 Å². The van der Waals surface area contributed by atoms with E-state index >= 15 is 0 Å². The van der Waals surface area contributed by atoms with Crippen LogP contribution >= 0.6 is 11.3 Å². The molecule has 0 radical (unpaired) electrons. The number of anilines is 2. The highest BCUT2D eigenvalue weighted by atomic mass is 32.1. The van der Waals surface area contributed by atoms with Crippen molar-refractivity contribution < 1.29 is 5.11 Å². The summed E-state index contributed by atoms with van der Waals surface area (Å²) in [5.41, 5.74) is 2.04. The summed E-state index contributed by atoms with van der Waals surface area (Å²) in [5.74, 6) is 1.54. The van der Waals surface area contributed by atoms with E-state index in [1.165, 1.54) is 0 Å². The molecule has 0 fully saturated rings. The maximum Gasteiger partial charge on any atom is 0.132 e. The van der Waals surface area contributed by atoms with Gasteiger partial charge in [-0.2, -0.15) is 0 Å². The van der Waals surface area contributed by atoms with Gasteiger partial charge >= 0.3 is 0 Å². The van der Waals surface area contributed by atoms with Crippen molar-refractivity contribution in [3.8, 4) is 10.6 Å². The average molecular weight is 325 g/mol. The molecule has 0 amide bonds. The fraction of sp³-hybridized carbons (Fsp3) is 0.222. The fourth-order valence-electron chi connectivity index (χ4n) is 2.25. The molecular formula is C18H19N3OS. The minimum absolute atomic E-state index is 0.397. The van der Waals surface area contributed by atoms with E-state index < -0.39 is 6.10 Å². The number of pyridine rings is 2. The minimum atomic E-state index is -0.397. The molecule has 0 aliphatic rings. The Morgan fingerprint density at radius 2 is 2.04 bits per heavy atom. The van der Waals surface area contributed by atoms with Crippen molar-refractivity contribution in [2.45, 2.75) is 26.4 Å². The van der Waals surface area contributed by atoms with Gasteiger partial charge in [-0.3, -0.25) is 0 Å². The molecule has 0 saturated carbocycles. The zero-order valence-electron chi connectivity index (χ0n) is 13.2. The van der Waals surface area contributed by atoms with E-state index in [2.05, 4.69) is 15.3 Å². The molecule has 23 heavy (non-hydrogen) atoms. The van der Waals surface area contributed by atoms with Gasteiger partial charge in [-0.15, -0.1) is 11.3 Å². The standard InChI is InChI=1S/C18H19N3OS/c1-3-14(22)16-8-7-15(23-16)13-5-4-6-17(20-13)21-18-11-12(2)9-10-19-18/h4-11,14,22H,3H2,1-2H3,(H,19,20,21). The number of nitrogens with one attached hydrogen (secondary N) is 1. The predicted molar refractivity (Wildman–Crippen MR) is 95.1 cm³/mol. The zero-order chi connectivity index (χ0) is 16.2. The van der Waals surface area contributed by atoms with Crippen molar-refractivity contribution in [3.63, 3.8) is 0 Å². The Bertz CT molecular complexity index is 800. The van der Waals surface area contributed by atoms with E-state index in [1.54, 1.807) is 17.5 Å². The van der Waals surface area contributed by atoms with Crippen LogP contribution < -0.4 is 5.32 Å². The monoisotopic (exact) mass is 325 g/mol. The number of rotatable bonds is 5. The smallest absolute Gasteiger partial charge is 0.132 e. The third kappa shape index (κ3) is 3.75. The Balaban J connectivity index is 1.83. The van der Waals surface area contributed by atoms with Crippen molar-refractivity contribution in [1.82, 2.24) is 9.97 Å². The average Bonchev–Trinajstić information content (AvgIpc) is 3.04. The van der Waals surface area contributed by atoms with Gasteiger partial charge in [0, 0.05) is 11.1 Å². The molecule has 5 heteroatoms. The third-order valence-electron chi connectivity index (χ3n) is 3.52. The highest BCUT2D eigenvalue weighted by Gasteiger charge is 2.10. The van der Waals surface area contributed by atoms with Crippen LogP contribution in [-0.2, 0) is 0 Å². The molecule has 3 rings (SSSR count). The molecule has 1 atom stereocenters. The predicted octanol–water partition coefficient (Wildman–Crippen LogP) is 4.70. The van der Waals surface area contributed by atoms with Gasteiger partial charge in [0.15, 0.2) is 0 Å². The second-order valence-corrected chi connectivity index (χ2v) is 6.49. The number of aliphatic hydroxyl groups is 1. The number of hydrogen-bond donors (Lipinski definition) is 2. The van der Waals surface area contributed by atoms with Crippen molar-refractivity contribution in [2.75, 3.05) is 5.32 Å². The van der Waals surface area contributed by atoms with Crippen LogP contribution in [-0.4, -0.2) is 15.1 Å². The highest BCUT2D eigenvalue weighted by molar-refractivity contribution is 7.15. The number of nitrogens with zero attached hydrogens (tertiary/aromatic N) is 2. The first-order valence-electron chi connectivity index (χ1n) is 7.60. The van der Waals surface area contributed by atoms with E-state index in [0.29, 0.717) is 6.42 Å². The van der Waals surface area contributed by atoms with Crippen LogP contribution in [0.3, 0.4) is 0 Å². The van der Waals surface area contributed by atoms with Crippen molar-refractivity contribution in [1.29, 1.82) is 0 Å². The Kier molecular flexibility index (Phi) is 4.69. The van der Waals surface area contributed by atoms with Crippen molar-refractivity contribution >= 4 is 23.0 Å². The molecule has 0 aromatic carbocycles. The molecule has 118 valence electrons. The van der Waals surface area contributed by atoms with Gasteiger partial charge in [0.2, 0.25) is 0 Å².